The summed E-state index contributed by atoms with van der Waals surface area (Å²) in [5, 5.41) is 13.5. The van der Waals surface area contributed by atoms with Gasteiger partial charge in [0, 0.05) is 5.56 Å². The summed E-state index contributed by atoms with van der Waals surface area (Å²) in [6.45, 7) is 1.99. The van der Waals surface area contributed by atoms with E-state index in [-0.39, 0.29) is 0 Å². The summed E-state index contributed by atoms with van der Waals surface area (Å²) >= 11 is 0. The van der Waals surface area contributed by atoms with Crippen LogP contribution in [0, 0.1) is 6.92 Å². The van der Waals surface area contributed by atoms with Crippen LogP contribution >= 0.6 is 0 Å². The summed E-state index contributed by atoms with van der Waals surface area (Å²) in [6, 6.07) is 5.81. The molecular weight excluding hydrogens is 180 g/mol. The zero-order valence-electron chi connectivity index (χ0n) is 7.98. The van der Waals surface area contributed by atoms with Crippen molar-refractivity contribution in [2.45, 2.75) is 6.92 Å². The second-order valence-electron chi connectivity index (χ2n) is 2.93. The van der Waals surface area contributed by atoms with Crippen molar-refractivity contribution >= 4 is 0 Å². The maximum atomic E-state index is 5.20. The fourth-order valence-corrected chi connectivity index (χ4v) is 1.25. The Morgan fingerprint density at radius 2 is 2.21 bits per heavy atom. The molecule has 5 nitrogen and oxygen atoms in total. The number of methoxy groups -OCH3 is 1. The maximum Gasteiger partial charge on any atom is 0.179 e. The van der Waals surface area contributed by atoms with Crippen LogP contribution in [0.25, 0.3) is 11.4 Å². The fraction of sp³-hybridized carbons (Fsp3) is 0.222. The first-order valence-corrected chi connectivity index (χ1v) is 4.20. The van der Waals surface area contributed by atoms with Crippen molar-refractivity contribution in [3.63, 3.8) is 0 Å². The molecule has 2 aromatic rings. The number of H-pyrrole nitrogens is 1. The smallest absolute Gasteiger partial charge is 0.179 e. The number of hydrogen-bond donors (Lipinski definition) is 1. The quantitative estimate of drug-likeness (QED) is 0.772. The van der Waals surface area contributed by atoms with Crippen LogP contribution in [0.1, 0.15) is 5.56 Å². The van der Waals surface area contributed by atoms with Gasteiger partial charge in [0.1, 0.15) is 5.75 Å². The SMILES string of the molecule is COc1cc(-c2nnn[nH]2)ccc1C. The number of aromatic nitrogens is 4. The van der Waals surface area contributed by atoms with Gasteiger partial charge >= 0.3 is 0 Å². The molecule has 5 heteroatoms. The monoisotopic (exact) mass is 190 g/mol. The van der Waals surface area contributed by atoms with Crippen molar-refractivity contribution in [1.29, 1.82) is 0 Å². The number of nitrogens with one attached hydrogen (secondary N) is 1. The predicted molar refractivity (Wildman–Crippen MR) is 50.9 cm³/mol. The minimum absolute atomic E-state index is 0.642. The van der Waals surface area contributed by atoms with Gasteiger partial charge in [-0.05, 0) is 29.0 Å². The average molecular weight is 190 g/mol. The van der Waals surface area contributed by atoms with Gasteiger partial charge in [0.05, 0.1) is 7.11 Å². The molecule has 2 rings (SSSR count). The summed E-state index contributed by atoms with van der Waals surface area (Å²) < 4.78 is 5.20. The molecule has 0 aliphatic carbocycles. The molecule has 1 aromatic carbocycles. The Morgan fingerprint density at radius 3 is 2.86 bits per heavy atom. The minimum atomic E-state index is 0.642. The molecular formula is C9H10N4O. The number of aryl methyl sites for hydroxylation is 1. The summed E-state index contributed by atoms with van der Waals surface area (Å²) in [5.41, 5.74) is 2.00. The molecule has 72 valence electrons. The number of hydrogen-bond acceptors (Lipinski definition) is 4. The Balaban J connectivity index is 2.46. The van der Waals surface area contributed by atoms with Crippen LogP contribution in [-0.2, 0) is 0 Å². The Hall–Kier alpha value is -1.91. The highest BCUT2D eigenvalue weighted by Gasteiger charge is 2.04. The van der Waals surface area contributed by atoms with Gasteiger partial charge in [-0.2, -0.15) is 0 Å². The van der Waals surface area contributed by atoms with Crippen molar-refractivity contribution in [1.82, 2.24) is 20.6 Å². The third-order valence-corrected chi connectivity index (χ3v) is 2.03. The van der Waals surface area contributed by atoms with E-state index in [4.69, 9.17) is 4.74 Å². The predicted octanol–water partition coefficient (Wildman–Crippen LogP) is 1.18. The van der Waals surface area contributed by atoms with E-state index in [1.54, 1.807) is 7.11 Å². The third kappa shape index (κ3) is 1.44. The van der Waals surface area contributed by atoms with Gasteiger partial charge in [0.2, 0.25) is 0 Å². The minimum Gasteiger partial charge on any atom is -0.496 e. The number of rotatable bonds is 2. The van der Waals surface area contributed by atoms with Gasteiger partial charge in [0.25, 0.3) is 0 Å². The van der Waals surface area contributed by atoms with E-state index in [2.05, 4.69) is 20.6 Å². The molecule has 0 radical (unpaired) electrons. The Kier molecular flexibility index (Phi) is 2.14. The molecule has 0 saturated heterocycles. The molecule has 1 aromatic heterocycles. The van der Waals surface area contributed by atoms with Crippen LogP contribution in [0.4, 0.5) is 0 Å². The topological polar surface area (TPSA) is 63.7 Å². The standard InChI is InChI=1S/C9H10N4O/c1-6-3-4-7(5-8(6)14-2)9-10-12-13-11-9/h3-5H,1-2H3,(H,10,11,12,13). The highest BCUT2D eigenvalue weighted by molar-refractivity contribution is 5.58. The number of tetrazole rings is 1. The first-order chi connectivity index (χ1) is 6.81. The number of ether oxygens (including phenoxy) is 1. The molecule has 0 amide bonds. The summed E-state index contributed by atoms with van der Waals surface area (Å²) in [7, 11) is 1.64. The second kappa shape index (κ2) is 3.45. The Morgan fingerprint density at radius 1 is 1.36 bits per heavy atom. The largest absolute Gasteiger partial charge is 0.496 e. The van der Waals surface area contributed by atoms with E-state index in [1.807, 2.05) is 25.1 Å². The highest BCUT2D eigenvalue weighted by atomic mass is 16.5. The van der Waals surface area contributed by atoms with Gasteiger partial charge in [-0.1, -0.05) is 12.1 Å². The normalized spacial score (nSPS) is 10.1. The van der Waals surface area contributed by atoms with Crippen LogP contribution < -0.4 is 4.74 Å². The number of aromatic amines is 1. The molecule has 0 bridgehead atoms. The molecule has 0 saturated carbocycles. The van der Waals surface area contributed by atoms with E-state index in [0.29, 0.717) is 5.82 Å². The maximum absolute atomic E-state index is 5.20. The summed E-state index contributed by atoms with van der Waals surface area (Å²) in [6.07, 6.45) is 0. The van der Waals surface area contributed by atoms with E-state index >= 15 is 0 Å². The Bertz CT molecular complexity index is 424. The molecule has 1 heterocycles. The lowest BCUT2D eigenvalue weighted by molar-refractivity contribution is 0.412. The lowest BCUT2D eigenvalue weighted by Crippen LogP contribution is -1.88. The van der Waals surface area contributed by atoms with Crippen molar-refractivity contribution < 1.29 is 4.74 Å². The zero-order chi connectivity index (χ0) is 9.97. The van der Waals surface area contributed by atoms with Crippen LogP contribution in [0.3, 0.4) is 0 Å². The molecule has 0 aliphatic rings. The molecule has 1 N–H and O–H groups in total. The lowest BCUT2D eigenvalue weighted by Gasteiger charge is -2.04. The van der Waals surface area contributed by atoms with Crippen LogP contribution in [0.15, 0.2) is 18.2 Å². The van der Waals surface area contributed by atoms with Crippen molar-refractivity contribution in [3.05, 3.63) is 23.8 Å². The van der Waals surface area contributed by atoms with Crippen LogP contribution in [-0.4, -0.2) is 27.7 Å². The van der Waals surface area contributed by atoms with Gasteiger partial charge in [-0.25, -0.2) is 5.10 Å². The summed E-state index contributed by atoms with van der Waals surface area (Å²) in [4.78, 5) is 0. The fourth-order valence-electron chi connectivity index (χ4n) is 1.25. The Labute approximate surface area is 81.1 Å². The third-order valence-electron chi connectivity index (χ3n) is 2.03. The highest BCUT2D eigenvalue weighted by Crippen LogP contribution is 2.23. The zero-order valence-corrected chi connectivity index (χ0v) is 7.98. The van der Waals surface area contributed by atoms with Gasteiger partial charge in [0.15, 0.2) is 5.82 Å². The van der Waals surface area contributed by atoms with E-state index in [0.717, 1.165) is 16.9 Å². The lowest BCUT2D eigenvalue weighted by atomic mass is 10.1. The first-order valence-electron chi connectivity index (χ1n) is 4.20. The van der Waals surface area contributed by atoms with Crippen molar-refractivity contribution in [2.75, 3.05) is 7.11 Å². The van der Waals surface area contributed by atoms with Crippen molar-refractivity contribution in [3.8, 4) is 17.1 Å². The number of benzene rings is 1. The van der Waals surface area contributed by atoms with Gasteiger partial charge in [-0.3, -0.25) is 0 Å². The second-order valence-corrected chi connectivity index (χ2v) is 2.93. The summed E-state index contributed by atoms with van der Waals surface area (Å²) in [5.74, 6) is 1.47. The molecule has 0 aliphatic heterocycles. The van der Waals surface area contributed by atoms with Gasteiger partial charge in [-0.15, -0.1) is 5.10 Å². The van der Waals surface area contributed by atoms with Crippen molar-refractivity contribution in [2.24, 2.45) is 0 Å². The first kappa shape index (κ1) is 8.68. The van der Waals surface area contributed by atoms with Crippen LogP contribution in [0.2, 0.25) is 0 Å². The molecule has 0 spiro atoms. The van der Waals surface area contributed by atoms with Gasteiger partial charge < -0.3 is 4.74 Å². The van der Waals surface area contributed by atoms with E-state index in [9.17, 15) is 0 Å². The molecule has 0 unspecified atom stereocenters. The molecule has 0 atom stereocenters. The van der Waals surface area contributed by atoms with Crippen LogP contribution in [0.5, 0.6) is 5.75 Å². The molecule has 0 fully saturated rings. The number of nitrogens with zero attached hydrogens (tertiary/aromatic N) is 3. The van der Waals surface area contributed by atoms with E-state index in [1.165, 1.54) is 0 Å². The van der Waals surface area contributed by atoms with E-state index < -0.39 is 0 Å². The molecule has 14 heavy (non-hydrogen) atoms. The average Bonchev–Trinajstić information content (AvgIpc) is 2.71.